The number of hydrogen-bond acceptors (Lipinski definition) is 4. The van der Waals surface area contributed by atoms with Crippen LogP contribution in [0.4, 0.5) is 5.69 Å². The van der Waals surface area contributed by atoms with Gasteiger partial charge >= 0.3 is 0 Å². The van der Waals surface area contributed by atoms with Gasteiger partial charge in [-0.25, -0.2) is 4.99 Å². The van der Waals surface area contributed by atoms with Gasteiger partial charge in [-0.2, -0.15) is 5.10 Å². The van der Waals surface area contributed by atoms with Crippen molar-refractivity contribution in [1.29, 1.82) is 0 Å². The molecule has 0 fully saturated rings. The maximum atomic E-state index is 5.13. The molecule has 0 aromatic heterocycles. The summed E-state index contributed by atoms with van der Waals surface area (Å²) >= 11 is 1.65. The summed E-state index contributed by atoms with van der Waals surface area (Å²) in [6, 6.07) is 17.8. The van der Waals surface area contributed by atoms with Crippen molar-refractivity contribution in [3.8, 4) is 5.75 Å². The van der Waals surface area contributed by atoms with Gasteiger partial charge in [-0.1, -0.05) is 42.1 Å². The Morgan fingerprint density at radius 1 is 1.10 bits per heavy atom. The third-order valence-corrected chi connectivity index (χ3v) is 3.92. The minimum Gasteiger partial charge on any atom is -0.497 e. The van der Waals surface area contributed by atoms with Crippen molar-refractivity contribution in [2.45, 2.75) is 0 Å². The molecule has 0 amide bonds. The molecular weight excluding hydrogens is 282 g/mol. The third-order valence-electron chi connectivity index (χ3n) is 3.04. The summed E-state index contributed by atoms with van der Waals surface area (Å²) < 4.78 is 5.13. The van der Waals surface area contributed by atoms with Gasteiger partial charge in [0, 0.05) is 5.75 Å². The number of hydrazone groups is 1. The Morgan fingerprint density at radius 3 is 2.48 bits per heavy atom. The van der Waals surface area contributed by atoms with Gasteiger partial charge in [-0.05, 0) is 29.8 Å². The van der Waals surface area contributed by atoms with Crippen molar-refractivity contribution in [3.05, 3.63) is 60.2 Å². The highest BCUT2D eigenvalue weighted by atomic mass is 32.2. The molecule has 106 valence electrons. The van der Waals surface area contributed by atoms with Crippen LogP contribution >= 0.6 is 11.8 Å². The highest BCUT2D eigenvalue weighted by Gasteiger charge is 2.12. The van der Waals surface area contributed by atoms with E-state index in [1.54, 1.807) is 18.9 Å². The van der Waals surface area contributed by atoms with Crippen LogP contribution in [0.15, 0.2) is 64.7 Å². The summed E-state index contributed by atoms with van der Waals surface area (Å²) in [5.41, 5.74) is 6.07. The molecule has 5 heteroatoms. The van der Waals surface area contributed by atoms with Crippen molar-refractivity contribution in [2.24, 2.45) is 10.1 Å². The van der Waals surface area contributed by atoms with Crippen molar-refractivity contribution in [1.82, 2.24) is 5.43 Å². The molecule has 2 aromatic rings. The molecule has 0 bridgehead atoms. The number of thioether (sulfide) groups is 1. The van der Waals surface area contributed by atoms with E-state index in [9.17, 15) is 0 Å². The molecule has 0 radical (unpaired) electrons. The zero-order valence-corrected chi connectivity index (χ0v) is 12.4. The van der Waals surface area contributed by atoms with Gasteiger partial charge in [0.25, 0.3) is 0 Å². The summed E-state index contributed by atoms with van der Waals surface area (Å²) in [6.45, 7) is 0. The SMILES string of the molecule is COc1ccc(N=C2NN=C(c3ccccc3)CS2)cc1. The molecule has 1 aliphatic rings. The molecule has 2 aromatic carbocycles. The highest BCUT2D eigenvalue weighted by molar-refractivity contribution is 8.14. The van der Waals surface area contributed by atoms with Crippen LogP contribution in [0.5, 0.6) is 5.75 Å². The molecule has 3 rings (SSSR count). The molecule has 4 nitrogen and oxygen atoms in total. The molecular formula is C16H15N3OS. The summed E-state index contributed by atoms with van der Waals surface area (Å²) in [5, 5.41) is 5.21. The average molecular weight is 297 g/mol. The summed E-state index contributed by atoms with van der Waals surface area (Å²) in [4.78, 5) is 4.53. The van der Waals surface area contributed by atoms with Crippen LogP contribution in [0.3, 0.4) is 0 Å². The Hall–Kier alpha value is -2.27. The minimum atomic E-state index is 0.805. The maximum absolute atomic E-state index is 5.13. The predicted octanol–water partition coefficient (Wildman–Crippen LogP) is 3.42. The fourth-order valence-electron chi connectivity index (χ4n) is 1.93. The van der Waals surface area contributed by atoms with Gasteiger partial charge < -0.3 is 4.74 Å². The molecule has 21 heavy (non-hydrogen) atoms. The van der Waals surface area contributed by atoms with E-state index in [1.807, 2.05) is 42.5 Å². The normalized spacial score (nSPS) is 16.2. The fraction of sp³-hybridized carbons (Fsp3) is 0.125. The molecule has 0 aliphatic carbocycles. The van der Waals surface area contributed by atoms with Gasteiger partial charge in [0.1, 0.15) is 5.75 Å². The predicted molar refractivity (Wildman–Crippen MR) is 88.7 cm³/mol. The second-order valence-corrected chi connectivity index (χ2v) is 5.40. The lowest BCUT2D eigenvalue weighted by Crippen LogP contribution is -2.25. The standard InChI is InChI=1S/C16H15N3OS/c1-20-14-9-7-13(8-10-14)17-16-19-18-15(11-21-16)12-5-3-2-4-6-12/h2-10H,11H2,1H3,(H,17,19). The Bertz CT molecular complexity index is 666. The molecule has 1 heterocycles. The second-order valence-electron chi connectivity index (χ2n) is 4.44. The van der Waals surface area contributed by atoms with Crippen LogP contribution in [0.2, 0.25) is 0 Å². The Labute approximate surface area is 127 Å². The summed E-state index contributed by atoms with van der Waals surface area (Å²) in [7, 11) is 1.65. The molecule has 0 saturated carbocycles. The van der Waals surface area contributed by atoms with Gasteiger partial charge in [0.05, 0.1) is 18.5 Å². The summed E-state index contributed by atoms with van der Waals surface area (Å²) in [5.74, 6) is 1.64. The largest absolute Gasteiger partial charge is 0.497 e. The van der Waals surface area contributed by atoms with Crippen LogP contribution in [-0.2, 0) is 0 Å². The first-order valence-corrected chi connectivity index (χ1v) is 7.57. The number of hydrogen-bond donors (Lipinski definition) is 1. The number of nitrogens with zero attached hydrogens (tertiary/aromatic N) is 2. The number of ether oxygens (including phenoxy) is 1. The molecule has 0 spiro atoms. The van der Waals surface area contributed by atoms with E-state index >= 15 is 0 Å². The monoisotopic (exact) mass is 297 g/mol. The lowest BCUT2D eigenvalue weighted by atomic mass is 10.1. The third kappa shape index (κ3) is 3.44. The molecule has 0 unspecified atom stereocenters. The van der Waals surface area contributed by atoms with Crippen LogP contribution in [0, 0.1) is 0 Å². The molecule has 0 saturated heterocycles. The quantitative estimate of drug-likeness (QED) is 0.944. The topological polar surface area (TPSA) is 46.0 Å². The molecule has 1 aliphatic heterocycles. The first-order chi connectivity index (χ1) is 10.3. The van der Waals surface area contributed by atoms with Crippen LogP contribution in [0.1, 0.15) is 5.56 Å². The Morgan fingerprint density at radius 2 is 1.86 bits per heavy atom. The number of benzene rings is 2. The van der Waals surface area contributed by atoms with Gasteiger partial charge in [0.2, 0.25) is 0 Å². The first kappa shape index (κ1) is 13.7. The first-order valence-electron chi connectivity index (χ1n) is 6.59. The molecule has 1 N–H and O–H groups in total. The smallest absolute Gasteiger partial charge is 0.182 e. The number of nitrogens with one attached hydrogen (secondary N) is 1. The average Bonchev–Trinajstić information content (AvgIpc) is 2.57. The Balaban J connectivity index is 1.72. The van der Waals surface area contributed by atoms with Crippen LogP contribution in [0.25, 0.3) is 0 Å². The van der Waals surface area contributed by atoms with E-state index in [2.05, 4.69) is 27.7 Å². The highest BCUT2D eigenvalue weighted by Crippen LogP contribution is 2.21. The van der Waals surface area contributed by atoms with Gasteiger partial charge in [0.15, 0.2) is 5.17 Å². The molecule has 0 atom stereocenters. The van der Waals surface area contributed by atoms with Crippen molar-refractivity contribution >= 4 is 28.3 Å². The zero-order chi connectivity index (χ0) is 14.5. The van der Waals surface area contributed by atoms with E-state index in [0.717, 1.165) is 33.6 Å². The van der Waals surface area contributed by atoms with Crippen LogP contribution < -0.4 is 10.2 Å². The summed E-state index contributed by atoms with van der Waals surface area (Å²) in [6.07, 6.45) is 0. The number of aliphatic imine (C=N–C) groups is 1. The maximum Gasteiger partial charge on any atom is 0.182 e. The van der Waals surface area contributed by atoms with Gasteiger partial charge in [-0.3, -0.25) is 5.43 Å². The second kappa shape index (κ2) is 6.45. The van der Waals surface area contributed by atoms with Crippen molar-refractivity contribution < 1.29 is 4.74 Å². The van der Waals surface area contributed by atoms with E-state index in [-0.39, 0.29) is 0 Å². The van der Waals surface area contributed by atoms with E-state index in [1.165, 1.54) is 0 Å². The fourth-order valence-corrected chi connectivity index (χ4v) is 2.71. The lowest BCUT2D eigenvalue weighted by molar-refractivity contribution is 0.415. The van der Waals surface area contributed by atoms with Crippen molar-refractivity contribution in [3.63, 3.8) is 0 Å². The van der Waals surface area contributed by atoms with Crippen molar-refractivity contribution in [2.75, 3.05) is 12.9 Å². The van der Waals surface area contributed by atoms with E-state index < -0.39 is 0 Å². The number of rotatable bonds is 3. The lowest BCUT2D eigenvalue weighted by Gasteiger charge is -2.14. The van der Waals surface area contributed by atoms with E-state index in [0.29, 0.717) is 0 Å². The van der Waals surface area contributed by atoms with E-state index in [4.69, 9.17) is 4.74 Å². The van der Waals surface area contributed by atoms with Crippen LogP contribution in [-0.4, -0.2) is 23.7 Å². The minimum absolute atomic E-state index is 0.805. The Kier molecular flexibility index (Phi) is 4.21. The van der Waals surface area contributed by atoms with Gasteiger partial charge in [-0.15, -0.1) is 0 Å². The number of methoxy groups -OCH3 is 1. The zero-order valence-electron chi connectivity index (χ0n) is 11.6. The number of amidine groups is 1.